The number of thioether (sulfide) groups is 1. The fourth-order valence-corrected chi connectivity index (χ4v) is 4.42. The molecule has 2 atom stereocenters. The van der Waals surface area contributed by atoms with E-state index in [-0.39, 0.29) is 17.2 Å². The van der Waals surface area contributed by atoms with Crippen LogP contribution in [0.5, 0.6) is 0 Å². The molecule has 1 saturated heterocycles. The molecule has 1 aliphatic rings. The van der Waals surface area contributed by atoms with E-state index in [2.05, 4.69) is 49.5 Å². The minimum atomic E-state index is -0.267. The Morgan fingerprint density at radius 3 is 2.86 bits per heavy atom. The average Bonchev–Trinajstić information content (AvgIpc) is 3.29. The zero-order chi connectivity index (χ0) is 20.4. The fraction of sp³-hybridized carbons (Fsp3) is 0.429. The summed E-state index contributed by atoms with van der Waals surface area (Å²) in [5, 5.41) is 7.98. The lowest BCUT2D eigenvalue weighted by atomic mass is 10.2. The Morgan fingerprint density at radius 1 is 1.28 bits per heavy atom. The van der Waals surface area contributed by atoms with Crippen molar-refractivity contribution in [3.63, 3.8) is 0 Å². The van der Waals surface area contributed by atoms with Crippen LogP contribution in [0.1, 0.15) is 30.3 Å². The lowest BCUT2D eigenvalue weighted by Crippen LogP contribution is -2.40. The first kappa shape index (κ1) is 19.8. The van der Waals surface area contributed by atoms with Gasteiger partial charge in [0.15, 0.2) is 0 Å². The van der Waals surface area contributed by atoms with E-state index in [4.69, 9.17) is 0 Å². The van der Waals surface area contributed by atoms with Crippen molar-refractivity contribution in [1.29, 1.82) is 0 Å². The predicted octanol–water partition coefficient (Wildman–Crippen LogP) is 2.61. The SMILES string of the molecule is Cc1cc(C)n2nc(SC(C)C(=O)NC3CCN(Cc4ccccc4)C3)nc2n1. The number of hydrogen-bond donors (Lipinski definition) is 1. The number of amides is 1. The van der Waals surface area contributed by atoms with E-state index in [9.17, 15) is 4.79 Å². The highest BCUT2D eigenvalue weighted by molar-refractivity contribution is 8.00. The van der Waals surface area contributed by atoms with Gasteiger partial charge in [-0.25, -0.2) is 9.50 Å². The van der Waals surface area contributed by atoms with Crippen LogP contribution in [0.2, 0.25) is 0 Å². The van der Waals surface area contributed by atoms with Gasteiger partial charge in [0.05, 0.1) is 5.25 Å². The Kier molecular flexibility index (Phi) is 5.82. The predicted molar refractivity (Wildman–Crippen MR) is 114 cm³/mol. The lowest BCUT2D eigenvalue weighted by molar-refractivity contribution is -0.120. The van der Waals surface area contributed by atoms with E-state index in [1.165, 1.54) is 17.3 Å². The number of carbonyl (C=O) groups is 1. The summed E-state index contributed by atoms with van der Waals surface area (Å²) in [6.07, 6.45) is 0.977. The second-order valence-electron chi connectivity index (χ2n) is 7.62. The van der Waals surface area contributed by atoms with Gasteiger partial charge in [-0.1, -0.05) is 42.1 Å². The van der Waals surface area contributed by atoms with Gasteiger partial charge in [-0.15, -0.1) is 5.10 Å². The van der Waals surface area contributed by atoms with Gasteiger partial charge in [0.1, 0.15) is 0 Å². The summed E-state index contributed by atoms with van der Waals surface area (Å²) >= 11 is 1.37. The first-order valence-corrected chi connectivity index (χ1v) is 10.8. The van der Waals surface area contributed by atoms with Gasteiger partial charge in [0.2, 0.25) is 11.1 Å². The molecule has 152 valence electrons. The van der Waals surface area contributed by atoms with Crippen LogP contribution in [0.4, 0.5) is 0 Å². The summed E-state index contributed by atoms with van der Waals surface area (Å²) in [5.41, 5.74) is 3.19. The second kappa shape index (κ2) is 8.51. The highest BCUT2D eigenvalue weighted by Crippen LogP contribution is 2.21. The Balaban J connectivity index is 1.31. The molecule has 3 aromatic rings. The van der Waals surface area contributed by atoms with Gasteiger partial charge in [0.25, 0.3) is 5.78 Å². The molecule has 7 nitrogen and oxygen atoms in total. The smallest absolute Gasteiger partial charge is 0.253 e. The van der Waals surface area contributed by atoms with E-state index < -0.39 is 0 Å². The van der Waals surface area contributed by atoms with Gasteiger partial charge in [0, 0.05) is 37.1 Å². The van der Waals surface area contributed by atoms with Gasteiger partial charge >= 0.3 is 0 Å². The Morgan fingerprint density at radius 2 is 2.07 bits per heavy atom. The van der Waals surface area contributed by atoms with Crippen molar-refractivity contribution in [3.8, 4) is 0 Å². The summed E-state index contributed by atoms with van der Waals surface area (Å²) in [4.78, 5) is 23.9. The van der Waals surface area contributed by atoms with Gasteiger partial charge in [-0.05, 0) is 38.8 Å². The molecular formula is C21H26N6OS. The molecule has 0 spiro atoms. The molecule has 8 heteroatoms. The van der Waals surface area contributed by atoms with Crippen LogP contribution in [0.3, 0.4) is 0 Å². The molecule has 0 radical (unpaired) electrons. The minimum absolute atomic E-state index is 0.0290. The summed E-state index contributed by atoms with van der Waals surface area (Å²) in [5.74, 6) is 0.603. The molecule has 1 N–H and O–H groups in total. The van der Waals surface area contributed by atoms with Crippen LogP contribution in [0.15, 0.2) is 41.6 Å². The second-order valence-corrected chi connectivity index (χ2v) is 8.93. The van der Waals surface area contributed by atoms with Crippen LogP contribution in [0.25, 0.3) is 5.78 Å². The molecule has 3 heterocycles. The Labute approximate surface area is 174 Å². The molecule has 2 aromatic heterocycles. The van der Waals surface area contributed by atoms with Crippen molar-refractivity contribution in [3.05, 3.63) is 53.3 Å². The third-order valence-electron chi connectivity index (χ3n) is 5.12. The number of nitrogens with one attached hydrogen (secondary N) is 1. The maximum Gasteiger partial charge on any atom is 0.253 e. The maximum atomic E-state index is 12.7. The number of aromatic nitrogens is 4. The largest absolute Gasteiger partial charge is 0.351 e. The van der Waals surface area contributed by atoms with Crippen molar-refractivity contribution < 1.29 is 4.79 Å². The molecule has 1 fully saturated rings. The maximum absolute atomic E-state index is 12.7. The number of benzene rings is 1. The number of fused-ring (bicyclic) bond motifs is 1. The highest BCUT2D eigenvalue weighted by Gasteiger charge is 2.26. The first-order chi connectivity index (χ1) is 14.0. The molecule has 0 saturated carbocycles. The number of carbonyl (C=O) groups excluding carboxylic acids is 1. The zero-order valence-corrected chi connectivity index (χ0v) is 17.8. The highest BCUT2D eigenvalue weighted by atomic mass is 32.2. The van der Waals surface area contributed by atoms with Crippen LogP contribution < -0.4 is 5.32 Å². The third-order valence-corrected chi connectivity index (χ3v) is 6.07. The van der Waals surface area contributed by atoms with Crippen LogP contribution in [-0.4, -0.2) is 54.8 Å². The Hall–Kier alpha value is -2.45. The number of nitrogens with zero attached hydrogens (tertiary/aromatic N) is 5. The molecule has 1 amide bonds. The minimum Gasteiger partial charge on any atom is -0.351 e. The summed E-state index contributed by atoms with van der Waals surface area (Å²) in [6.45, 7) is 8.62. The van der Waals surface area contributed by atoms with E-state index in [0.717, 1.165) is 37.4 Å². The fourth-order valence-electron chi connectivity index (χ4n) is 3.66. The van der Waals surface area contributed by atoms with Crippen molar-refractivity contribution in [2.24, 2.45) is 0 Å². The van der Waals surface area contributed by atoms with E-state index in [1.807, 2.05) is 32.9 Å². The standard InChI is InChI=1S/C21H26N6OS/c1-14-11-15(2)27-20(22-14)24-21(25-27)29-16(3)19(28)23-18-9-10-26(13-18)12-17-7-5-4-6-8-17/h4-8,11,16,18H,9-10,12-13H2,1-3H3,(H,23,28). The van der Waals surface area contributed by atoms with Crippen molar-refractivity contribution in [2.75, 3.05) is 13.1 Å². The third kappa shape index (κ3) is 4.76. The normalized spacial score (nSPS) is 18.2. The summed E-state index contributed by atoms with van der Waals surface area (Å²) in [7, 11) is 0. The number of rotatable bonds is 6. The van der Waals surface area contributed by atoms with E-state index >= 15 is 0 Å². The average molecular weight is 411 g/mol. The van der Waals surface area contributed by atoms with Gasteiger partial charge in [-0.3, -0.25) is 9.69 Å². The first-order valence-electron chi connectivity index (χ1n) is 9.92. The number of hydrogen-bond acceptors (Lipinski definition) is 6. The van der Waals surface area contributed by atoms with Crippen LogP contribution in [0, 0.1) is 13.8 Å². The van der Waals surface area contributed by atoms with E-state index in [1.54, 1.807) is 4.52 Å². The van der Waals surface area contributed by atoms with Crippen LogP contribution >= 0.6 is 11.8 Å². The zero-order valence-electron chi connectivity index (χ0n) is 17.0. The molecular weight excluding hydrogens is 384 g/mol. The van der Waals surface area contributed by atoms with Gasteiger partial charge in [-0.2, -0.15) is 4.98 Å². The number of aryl methyl sites for hydroxylation is 2. The lowest BCUT2D eigenvalue weighted by Gasteiger charge is -2.18. The molecule has 2 unspecified atom stereocenters. The molecule has 1 aliphatic heterocycles. The quantitative estimate of drug-likeness (QED) is 0.630. The monoisotopic (exact) mass is 410 g/mol. The topological polar surface area (TPSA) is 75.4 Å². The summed E-state index contributed by atoms with van der Waals surface area (Å²) in [6, 6.07) is 12.6. The van der Waals surface area contributed by atoms with Crippen molar-refractivity contribution >= 4 is 23.4 Å². The molecule has 0 aliphatic carbocycles. The van der Waals surface area contributed by atoms with Gasteiger partial charge < -0.3 is 5.32 Å². The molecule has 29 heavy (non-hydrogen) atoms. The summed E-state index contributed by atoms with van der Waals surface area (Å²) < 4.78 is 1.72. The van der Waals surface area contributed by atoms with E-state index in [0.29, 0.717) is 10.9 Å². The molecule has 1 aromatic carbocycles. The van der Waals surface area contributed by atoms with Crippen LogP contribution in [-0.2, 0) is 11.3 Å². The molecule has 4 rings (SSSR count). The number of likely N-dealkylation sites (tertiary alicyclic amines) is 1. The van der Waals surface area contributed by atoms with Crippen molar-refractivity contribution in [1.82, 2.24) is 29.8 Å². The Bertz CT molecular complexity index is 1010. The molecule has 0 bridgehead atoms. The van der Waals surface area contributed by atoms with Crippen molar-refractivity contribution in [2.45, 2.75) is 50.2 Å².